The first-order valence-corrected chi connectivity index (χ1v) is 8.91. The highest BCUT2D eigenvalue weighted by molar-refractivity contribution is 5.78. The van der Waals surface area contributed by atoms with Crippen molar-refractivity contribution in [1.29, 1.82) is 5.41 Å². The molecule has 28 heavy (non-hydrogen) atoms. The van der Waals surface area contributed by atoms with E-state index in [2.05, 4.69) is 20.9 Å². The second-order valence-corrected chi connectivity index (χ2v) is 6.58. The van der Waals surface area contributed by atoms with Crippen molar-refractivity contribution < 1.29 is 4.79 Å². The lowest BCUT2D eigenvalue weighted by molar-refractivity contribution is -0.121. The SMILES string of the molecule is CC1=Cc2cn(-c3ccc(CNC(=O)CCNC(=N)N)cc3)c(=O)nc2NC1. The molecule has 1 aromatic carbocycles. The number of nitrogens with zero attached hydrogens (tertiary/aromatic N) is 2. The van der Waals surface area contributed by atoms with Crippen molar-refractivity contribution in [3.63, 3.8) is 0 Å². The number of carbonyl (C=O) groups excluding carboxylic acids is 1. The standard InChI is InChI=1S/C19H23N7O2/c1-12-8-14-11-26(19(28)25-17(14)24-9-12)15-4-2-13(3-5-15)10-23-16(27)6-7-22-18(20)21/h2-5,8,11H,6-7,9-10H2,1H3,(H,23,27)(H4,20,21,22)(H,24,25,28). The van der Waals surface area contributed by atoms with Crippen molar-refractivity contribution in [2.24, 2.45) is 5.73 Å². The Labute approximate surface area is 162 Å². The smallest absolute Gasteiger partial charge is 0.354 e. The molecule has 3 rings (SSSR count). The number of nitrogens with one attached hydrogen (secondary N) is 4. The van der Waals surface area contributed by atoms with Gasteiger partial charge in [-0.15, -0.1) is 0 Å². The molecule has 6 N–H and O–H groups in total. The first-order valence-electron chi connectivity index (χ1n) is 8.91. The fourth-order valence-corrected chi connectivity index (χ4v) is 2.82. The minimum atomic E-state index is -0.349. The minimum Gasteiger partial charge on any atom is -0.370 e. The van der Waals surface area contributed by atoms with Crippen LogP contribution in [0.2, 0.25) is 0 Å². The largest absolute Gasteiger partial charge is 0.370 e. The van der Waals surface area contributed by atoms with E-state index >= 15 is 0 Å². The van der Waals surface area contributed by atoms with Crippen molar-refractivity contribution in [1.82, 2.24) is 20.2 Å². The van der Waals surface area contributed by atoms with Crippen molar-refractivity contribution in [3.8, 4) is 5.69 Å². The molecule has 1 aromatic heterocycles. The third kappa shape index (κ3) is 4.76. The molecule has 9 heteroatoms. The maximum atomic E-state index is 12.3. The maximum absolute atomic E-state index is 12.3. The molecule has 2 aromatic rings. The summed E-state index contributed by atoms with van der Waals surface area (Å²) in [5.41, 5.74) is 8.48. The van der Waals surface area contributed by atoms with Crippen molar-refractivity contribution in [2.45, 2.75) is 19.9 Å². The molecule has 0 saturated carbocycles. The summed E-state index contributed by atoms with van der Waals surface area (Å²) in [6.45, 7) is 3.40. The number of amides is 1. The van der Waals surface area contributed by atoms with Gasteiger partial charge in [0.05, 0.1) is 5.69 Å². The lowest BCUT2D eigenvalue weighted by Crippen LogP contribution is -2.34. The van der Waals surface area contributed by atoms with Crippen LogP contribution in [0.5, 0.6) is 0 Å². The number of carbonyl (C=O) groups is 1. The molecule has 2 heterocycles. The van der Waals surface area contributed by atoms with Gasteiger partial charge in [0.25, 0.3) is 0 Å². The van der Waals surface area contributed by atoms with Crippen LogP contribution in [0.1, 0.15) is 24.5 Å². The van der Waals surface area contributed by atoms with E-state index in [0.29, 0.717) is 31.1 Å². The molecule has 0 spiro atoms. The van der Waals surface area contributed by atoms with E-state index in [1.165, 1.54) is 10.1 Å². The highest BCUT2D eigenvalue weighted by Crippen LogP contribution is 2.20. The van der Waals surface area contributed by atoms with E-state index in [1.807, 2.05) is 37.3 Å². The predicted molar refractivity (Wildman–Crippen MR) is 108 cm³/mol. The van der Waals surface area contributed by atoms with E-state index in [0.717, 1.165) is 11.1 Å². The first kappa shape index (κ1) is 19.2. The number of hydrogen-bond donors (Lipinski definition) is 5. The van der Waals surface area contributed by atoms with Crippen LogP contribution in [0, 0.1) is 5.41 Å². The Hall–Kier alpha value is -3.62. The van der Waals surface area contributed by atoms with Gasteiger partial charge in [0, 0.05) is 37.8 Å². The number of aromatic nitrogens is 2. The van der Waals surface area contributed by atoms with Gasteiger partial charge in [0.15, 0.2) is 5.96 Å². The molecular weight excluding hydrogens is 358 g/mol. The van der Waals surface area contributed by atoms with Gasteiger partial charge < -0.3 is 21.7 Å². The Morgan fingerprint density at radius 1 is 1.32 bits per heavy atom. The molecule has 0 unspecified atom stereocenters. The summed E-state index contributed by atoms with van der Waals surface area (Å²) in [7, 11) is 0. The monoisotopic (exact) mass is 381 g/mol. The second kappa shape index (κ2) is 8.38. The second-order valence-electron chi connectivity index (χ2n) is 6.58. The topological polar surface area (TPSA) is 138 Å². The lowest BCUT2D eigenvalue weighted by atomic mass is 10.1. The summed E-state index contributed by atoms with van der Waals surface area (Å²) < 4.78 is 1.51. The highest BCUT2D eigenvalue weighted by Gasteiger charge is 2.12. The third-order valence-corrected chi connectivity index (χ3v) is 4.26. The molecule has 0 bridgehead atoms. The van der Waals surface area contributed by atoms with E-state index in [1.54, 1.807) is 6.20 Å². The van der Waals surface area contributed by atoms with Crippen LogP contribution >= 0.6 is 0 Å². The van der Waals surface area contributed by atoms with E-state index < -0.39 is 0 Å². The van der Waals surface area contributed by atoms with Gasteiger partial charge in [-0.2, -0.15) is 4.98 Å². The zero-order chi connectivity index (χ0) is 20.1. The molecule has 0 saturated heterocycles. The Bertz CT molecular complexity index is 977. The predicted octanol–water partition coefficient (Wildman–Crippen LogP) is 0.551. The van der Waals surface area contributed by atoms with Gasteiger partial charge in [-0.25, -0.2) is 4.79 Å². The number of hydrogen-bond acceptors (Lipinski definition) is 5. The van der Waals surface area contributed by atoms with Crippen LogP contribution in [0.15, 0.2) is 40.8 Å². The zero-order valence-electron chi connectivity index (χ0n) is 15.6. The molecule has 0 atom stereocenters. The molecule has 1 amide bonds. The van der Waals surface area contributed by atoms with Gasteiger partial charge in [0.2, 0.25) is 5.91 Å². The normalized spacial score (nSPS) is 12.4. The number of rotatable bonds is 6. The van der Waals surface area contributed by atoms with E-state index in [4.69, 9.17) is 11.1 Å². The maximum Gasteiger partial charge on any atom is 0.354 e. The molecule has 1 aliphatic heterocycles. The van der Waals surface area contributed by atoms with Gasteiger partial charge in [-0.3, -0.25) is 14.8 Å². The Balaban J connectivity index is 1.65. The molecular formula is C19H23N7O2. The molecule has 0 fully saturated rings. The Morgan fingerprint density at radius 2 is 2.07 bits per heavy atom. The number of fused-ring (bicyclic) bond motifs is 1. The summed E-state index contributed by atoms with van der Waals surface area (Å²) in [6, 6.07) is 7.35. The third-order valence-electron chi connectivity index (χ3n) is 4.26. The summed E-state index contributed by atoms with van der Waals surface area (Å²) in [5, 5.41) is 15.6. The average Bonchev–Trinajstić information content (AvgIpc) is 2.66. The van der Waals surface area contributed by atoms with Crippen molar-refractivity contribution in [3.05, 3.63) is 57.6 Å². The van der Waals surface area contributed by atoms with Crippen LogP contribution < -0.4 is 27.4 Å². The average molecular weight is 381 g/mol. The molecule has 9 nitrogen and oxygen atoms in total. The molecule has 0 radical (unpaired) electrons. The fraction of sp³-hybridized carbons (Fsp3) is 0.263. The number of benzene rings is 1. The van der Waals surface area contributed by atoms with Crippen LogP contribution in [0.3, 0.4) is 0 Å². The summed E-state index contributed by atoms with van der Waals surface area (Å²) in [6.07, 6.45) is 4.02. The number of anilines is 1. The summed E-state index contributed by atoms with van der Waals surface area (Å²) >= 11 is 0. The van der Waals surface area contributed by atoms with Crippen molar-refractivity contribution >= 4 is 23.8 Å². The van der Waals surface area contributed by atoms with Crippen LogP contribution in [0.25, 0.3) is 11.8 Å². The zero-order valence-corrected chi connectivity index (χ0v) is 15.6. The van der Waals surface area contributed by atoms with Crippen LogP contribution in [0.4, 0.5) is 5.82 Å². The van der Waals surface area contributed by atoms with Gasteiger partial charge in [-0.05, 0) is 30.7 Å². The number of nitrogens with two attached hydrogens (primary N) is 1. The number of guanidine groups is 1. The molecule has 1 aliphatic rings. The van der Waals surface area contributed by atoms with Gasteiger partial charge in [0.1, 0.15) is 5.82 Å². The van der Waals surface area contributed by atoms with Crippen molar-refractivity contribution in [2.75, 3.05) is 18.4 Å². The van der Waals surface area contributed by atoms with E-state index in [9.17, 15) is 9.59 Å². The van der Waals surface area contributed by atoms with E-state index in [-0.39, 0.29) is 24.0 Å². The quantitative estimate of drug-likeness (QED) is 0.366. The van der Waals surface area contributed by atoms with Crippen LogP contribution in [-0.4, -0.2) is 34.5 Å². The van der Waals surface area contributed by atoms with Gasteiger partial charge >= 0.3 is 5.69 Å². The Morgan fingerprint density at radius 3 is 2.79 bits per heavy atom. The minimum absolute atomic E-state index is 0.136. The Kier molecular flexibility index (Phi) is 5.73. The summed E-state index contributed by atoms with van der Waals surface area (Å²) in [4.78, 5) is 28.2. The summed E-state index contributed by atoms with van der Waals surface area (Å²) in [5.74, 6) is 0.310. The molecule has 0 aliphatic carbocycles. The fourth-order valence-electron chi connectivity index (χ4n) is 2.82. The first-order chi connectivity index (χ1) is 13.4. The van der Waals surface area contributed by atoms with Gasteiger partial charge in [-0.1, -0.05) is 17.7 Å². The molecule has 146 valence electrons. The van der Waals surface area contributed by atoms with Crippen LogP contribution in [-0.2, 0) is 11.3 Å². The highest BCUT2D eigenvalue weighted by atomic mass is 16.2. The lowest BCUT2D eigenvalue weighted by Gasteiger charge is -2.16.